The molecule has 0 aliphatic heterocycles. The predicted molar refractivity (Wildman–Crippen MR) is 126 cm³/mol. The summed E-state index contributed by atoms with van der Waals surface area (Å²) < 4.78 is 86.5. The van der Waals surface area contributed by atoms with Crippen molar-refractivity contribution in [1.82, 2.24) is 29.1 Å². The summed E-state index contributed by atoms with van der Waals surface area (Å²) in [5.74, 6) is -2.47. The van der Waals surface area contributed by atoms with Gasteiger partial charge in [-0.25, -0.2) is 23.9 Å². The lowest BCUT2D eigenvalue weighted by Crippen LogP contribution is -2.37. The summed E-state index contributed by atoms with van der Waals surface area (Å²) in [6, 6.07) is 9.73. The first-order valence-corrected chi connectivity index (χ1v) is 11.5. The van der Waals surface area contributed by atoms with Crippen LogP contribution in [0.2, 0.25) is 5.02 Å². The number of methoxy groups -OCH3 is 1. The lowest BCUT2D eigenvalue weighted by molar-refractivity contribution is -0.207. The molecule has 40 heavy (non-hydrogen) atoms. The van der Waals surface area contributed by atoms with E-state index in [-0.39, 0.29) is 22.2 Å². The Balaban J connectivity index is 1.82. The Hall–Kier alpha value is -4.18. The first-order chi connectivity index (χ1) is 18.7. The molecule has 4 aromatic rings. The average molecular weight is 591 g/mol. The molecule has 2 heterocycles. The highest BCUT2D eigenvalue weighted by Crippen LogP contribution is 2.34. The van der Waals surface area contributed by atoms with Gasteiger partial charge in [-0.15, -0.1) is 10.2 Å². The predicted octanol–water partition coefficient (Wildman–Crippen LogP) is 3.72. The van der Waals surface area contributed by atoms with Gasteiger partial charge >= 0.3 is 24.0 Å². The summed E-state index contributed by atoms with van der Waals surface area (Å²) in [4.78, 5) is 29.3. The molecular weight excluding hydrogens is 574 g/mol. The molecular formula is C23H17ClF6N6O4. The Morgan fingerprint density at radius 3 is 2.30 bits per heavy atom. The number of aliphatic hydroxyl groups excluding tert-OH is 1. The fourth-order valence-corrected chi connectivity index (χ4v) is 3.77. The van der Waals surface area contributed by atoms with E-state index in [1.807, 2.05) is 0 Å². The number of rotatable bonds is 7. The van der Waals surface area contributed by atoms with Crippen LogP contribution in [0.1, 0.15) is 22.0 Å². The maximum Gasteiger partial charge on any atom is 0.418 e. The molecule has 1 atom stereocenters. The minimum absolute atomic E-state index is 0.169. The molecule has 212 valence electrons. The summed E-state index contributed by atoms with van der Waals surface area (Å²) in [6.45, 7) is -1.88. The Labute approximate surface area is 225 Å². The molecule has 0 radical (unpaired) electrons. The number of halogens is 7. The van der Waals surface area contributed by atoms with Crippen LogP contribution in [0.25, 0.3) is 17.1 Å². The lowest BCUT2D eigenvalue weighted by Gasteiger charge is -2.15. The van der Waals surface area contributed by atoms with Crippen molar-refractivity contribution in [3.8, 4) is 17.1 Å². The van der Waals surface area contributed by atoms with Crippen LogP contribution in [-0.4, -0.2) is 59.6 Å². The number of nitrogens with zero attached hydrogens (tertiary/aromatic N) is 6. The van der Waals surface area contributed by atoms with Gasteiger partial charge in [-0.1, -0.05) is 23.7 Å². The van der Waals surface area contributed by atoms with Crippen molar-refractivity contribution in [3.63, 3.8) is 0 Å². The topological polar surface area (TPSA) is 117 Å². The molecule has 17 heteroatoms. The molecule has 0 aliphatic carbocycles. The third kappa shape index (κ3) is 5.86. The van der Waals surface area contributed by atoms with Crippen LogP contribution in [0, 0.1) is 0 Å². The van der Waals surface area contributed by atoms with E-state index < -0.39 is 60.3 Å². The van der Waals surface area contributed by atoms with E-state index >= 15 is 0 Å². The van der Waals surface area contributed by atoms with Crippen molar-refractivity contribution in [2.24, 2.45) is 0 Å². The normalized spacial score (nSPS) is 12.9. The van der Waals surface area contributed by atoms with Gasteiger partial charge in [0.25, 0.3) is 0 Å². The highest BCUT2D eigenvalue weighted by Gasteiger charge is 2.39. The van der Waals surface area contributed by atoms with Crippen LogP contribution in [0.3, 0.4) is 0 Å². The molecule has 0 aliphatic rings. The SMILES string of the molecule is COC(=O)c1nc(Cn2nc(-c3ccc(Cl)cc3)n(C[C@@H](O)C(F)(F)F)c2=O)nn1-c1ccccc1C(F)(F)F. The van der Waals surface area contributed by atoms with Crippen LogP contribution in [0.4, 0.5) is 26.3 Å². The van der Waals surface area contributed by atoms with Crippen molar-refractivity contribution in [1.29, 1.82) is 0 Å². The number of ether oxygens (including phenoxy) is 1. The van der Waals surface area contributed by atoms with E-state index in [0.29, 0.717) is 13.9 Å². The van der Waals surface area contributed by atoms with Gasteiger partial charge in [-0.05, 0) is 36.4 Å². The number of aliphatic hydroxyl groups is 1. The Morgan fingerprint density at radius 2 is 1.70 bits per heavy atom. The van der Waals surface area contributed by atoms with Gasteiger partial charge in [0.15, 0.2) is 17.8 Å². The molecule has 2 aromatic carbocycles. The number of alkyl halides is 6. The van der Waals surface area contributed by atoms with Gasteiger partial charge in [-0.2, -0.15) is 26.3 Å². The zero-order valence-electron chi connectivity index (χ0n) is 20.1. The third-order valence-electron chi connectivity index (χ3n) is 5.51. The lowest BCUT2D eigenvalue weighted by atomic mass is 10.1. The summed E-state index contributed by atoms with van der Waals surface area (Å²) >= 11 is 5.86. The molecule has 0 unspecified atom stereocenters. The molecule has 2 aromatic heterocycles. The molecule has 0 spiro atoms. The fourth-order valence-electron chi connectivity index (χ4n) is 3.64. The van der Waals surface area contributed by atoms with Crippen molar-refractivity contribution < 1.29 is 41.0 Å². The number of para-hydroxylation sites is 1. The highest BCUT2D eigenvalue weighted by atomic mass is 35.5. The second-order valence-corrected chi connectivity index (χ2v) is 8.65. The zero-order valence-corrected chi connectivity index (χ0v) is 20.9. The van der Waals surface area contributed by atoms with Crippen molar-refractivity contribution in [2.75, 3.05) is 7.11 Å². The number of esters is 1. The monoisotopic (exact) mass is 590 g/mol. The molecule has 4 rings (SSSR count). The van der Waals surface area contributed by atoms with Crippen LogP contribution >= 0.6 is 11.6 Å². The molecule has 0 bridgehead atoms. The van der Waals surface area contributed by atoms with Gasteiger partial charge in [0, 0.05) is 10.6 Å². The molecule has 0 amide bonds. The second kappa shape index (κ2) is 10.8. The Morgan fingerprint density at radius 1 is 1.05 bits per heavy atom. The molecule has 1 N–H and O–H groups in total. The largest absolute Gasteiger partial charge is 0.463 e. The number of aromatic nitrogens is 6. The number of hydrogen-bond donors (Lipinski definition) is 1. The van der Waals surface area contributed by atoms with Gasteiger partial charge in [0.1, 0.15) is 6.54 Å². The van der Waals surface area contributed by atoms with Crippen LogP contribution in [0.15, 0.2) is 53.3 Å². The summed E-state index contributed by atoms with van der Waals surface area (Å²) in [6.07, 6.45) is -12.8. The zero-order chi connectivity index (χ0) is 29.4. The number of carbonyl (C=O) groups is 1. The molecule has 10 nitrogen and oxygen atoms in total. The van der Waals surface area contributed by atoms with E-state index in [1.165, 1.54) is 30.3 Å². The third-order valence-corrected chi connectivity index (χ3v) is 5.76. The minimum Gasteiger partial charge on any atom is -0.463 e. The van der Waals surface area contributed by atoms with Crippen molar-refractivity contribution >= 4 is 17.6 Å². The van der Waals surface area contributed by atoms with E-state index in [9.17, 15) is 41.0 Å². The summed E-state index contributed by atoms with van der Waals surface area (Å²) in [7, 11) is 0.965. The van der Waals surface area contributed by atoms with Gasteiger partial charge in [0.2, 0.25) is 5.82 Å². The van der Waals surface area contributed by atoms with Gasteiger partial charge in [-0.3, -0.25) is 4.57 Å². The van der Waals surface area contributed by atoms with Crippen molar-refractivity contribution in [2.45, 2.75) is 31.5 Å². The van der Waals surface area contributed by atoms with Crippen LogP contribution in [0.5, 0.6) is 0 Å². The standard InChI is InChI=1S/C23H17ClF6N6O4/c1-40-20(38)19-31-17(32-36(19)15-5-3-2-4-14(15)22(25,26)27)11-35-21(39)34(10-16(37)23(28,29)30)18(33-35)12-6-8-13(24)9-7-12/h2-9,16,37H,10-11H2,1H3/t16-/m1/s1. The fraction of sp³-hybridized carbons (Fsp3) is 0.261. The summed E-state index contributed by atoms with van der Waals surface area (Å²) in [5.41, 5.74) is -2.67. The first kappa shape index (κ1) is 28.8. The van der Waals surface area contributed by atoms with Crippen molar-refractivity contribution in [3.05, 3.63) is 81.3 Å². The summed E-state index contributed by atoms with van der Waals surface area (Å²) in [5, 5.41) is 17.9. The molecule has 0 saturated heterocycles. The van der Waals surface area contributed by atoms with E-state index in [0.717, 1.165) is 25.3 Å². The van der Waals surface area contributed by atoms with E-state index in [1.54, 1.807) is 0 Å². The van der Waals surface area contributed by atoms with Crippen LogP contribution in [-0.2, 0) is 24.0 Å². The maximum absolute atomic E-state index is 13.6. The minimum atomic E-state index is -5.06. The molecule has 0 saturated carbocycles. The number of carbonyl (C=O) groups excluding carboxylic acids is 1. The second-order valence-electron chi connectivity index (χ2n) is 8.21. The smallest absolute Gasteiger partial charge is 0.418 e. The highest BCUT2D eigenvalue weighted by molar-refractivity contribution is 6.30. The van der Waals surface area contributed by atoms with Crippen LogP contribution < -0.4 is 5.69 Å². The maximum atomic E-state index is 13.6. The Bertz CT molecular complexity index is 1590. The molecule has 0 fully saturated rings. The first-order valence-electron chi connectivity index (χ1n) is 11.1. The Kier molecular flexibility index (Phi) is 7.76. The average Bonchev–Trinajstić information content (AvgIpc) is 3.44. The number of hydrogen-bond acceptors (Lipinski definition) is 7. The van der Waals surface area contributed by atoms with E-state index in [4.69, 9.17) is 11.6 Å². The van der Waals surface area contributed by atoms with E-state index in [2.05, 4.69) is 19.9 Å². The number of benzene rings is 2. The van der Waals surface area contributed by atoms with Gasteiger partial charge < -0.3 is 9.84 Å². The quantitative estimate of drug-likeness (QED) is 0.258. The van der Waals surface area contributed by atoms with Gasteiger partial charge in [0.05, 0.1) is 24.9 Å².